The highest BCUT2D eigenvalue weighted by Crippen LogP contribution is 2.10. The van der Waals surface area contributed by atoms with Crippen LogP contribution >= 0.6 is 0 Å². The largest absolute Gasteiger partial charge is 0.455 e. The zero-order valence-corrected chi connectivity index (χ0v) is 11.2. The number of hydrogen-bond donors (Lipinski definition) is 1. The van der Waals surface area contributed by atoms with E-state index >= 15 is 0 Å². The van der Waals surface area contributed by atoms with E-state index in [1.54, 1.807) is 38.1 Å². The van der Waals surface area contributed by atoms with Crippen LogP contribution in [0.25, 0.3) is 0 Å². The van der Waals surface area contributed by atoms with E-state index in [0.29, 0.717) is 11.3 Å². The van der Waals surface area contributed by atoms with Crippen LogP contribution in [0.5, 0.6) is 0 Å². The SMILES string of the molecule is CC(=O)c1ccc(NC(=O)COC(=O)C(C)C)cc1. The molecule has 0 atom stereocenters. The van der Waals surface area contributed by atoms with E-state index in [-0.39, 0.29) is 18.3 Å². The number of carbonyl (C=O) groups is 3. The number of hydrogen-bond acceptors (Lipinski definition) is 4. The Balaban J connectivity index is 2.48. The molecule has 0 saturated carbocycles. The van der Waals surface area contributed by atoms with Crippen LogP contribution in [-0.4, -0.2) is 24.3 Å². The lowest BCUT2D eigenvalue weighted by Crippen LogP contribution is -2.22. The summed E-state index contributed by atoms with van der Waals surface area (Å²) in [5.74, 6) is -1.13. The summed E-state index contributed by atoms with van der Waals surface area (Å²) in [6.07, 6.45) is 0. The lowest BCUT2D eigenvalue weighted by molar-refractivity contribution is -0.150. The minimum atomic E-state index is -0.415. The second-order valence-electron chi connectivity index (χ2n) is 4.44. The van der Waals surface area contributed by atoms with Gasteiger partial charge in [0.05, 0.1) is 5.92 Å². The third-order valence-corrected chi connectivity index (χ3v) is 2.39. The van der Waals surface area contributed by atoms with Crippen LogP contribution in [0.1, 0.15) is 31.1 Å². The van der Waals surface area contributed by atoms with Gasteiger partial charge in [0.15, 0.2) is 12.4 Å². The molecule has 1 N–H and O–H groups in total. The second-order valence-corrected chi connectivity index (χ2v) is 4.44. The van der Waals surface area contributed by atoms with E-state index in [1.807, 2.05) is 0 Å². The van der Waals surface area contributed by atoms with Crippen molar-refractivity contribution in [3.05, 3.63) is 29.8 Å². The molecule has 0 aliphatic rings. The van der Waals surface area contributed by atoms with Crippen LogP contribution in [0, 0.1) is 5.92 Å². The monoisotopic (exact) mass is 263 g/mol. The standard InChI is InChI=1S/C14H17NO4/c1-9(2)14(18)19-8-13(17)15-12-6-4-11(5-7-12)10(3)16/h4-7,9H,8H2,1-3H3,(H,15,17). The lowest BCUT2D eigenvalue weighted by Gasteiger charge is -2.08. The Labute approximate surface area is 111 Å². The predicted octanol–water partition coefficient (Wildman–Crippen LogP) is 2.03. The van der Waals surface area contributed by atoms with E-state index in [1.165, 1.54) is 6.92 Å². The molecule has 0 spiro atoms. The van der Waals surface area contributed by atoms with Gasteiger partial charge in [-0.3, -0.25) is 14.4 Å². The van der Waals surface area contributed by atoms with Crippen molar-refractivity contribution >= 4 is 23.3 Å². The van der Waals surface area contributed by atoms with Crippen LogP contribution in [0.3, 0.4) is 0 Å². The molecule has 1 rings (SSSR count). The minimum Gasteiger partial charge on any atom is -0.455 e. The molecule has 0 unspecified atom stereocenters. The van der Waals surface area contributed by atoms with Crippen molar-refractivity contribution in [2.45, 2.75) is 20.8 Å². The van der Waals surface area contributed by atoms with Crippen molar-refractivity contribution < 1.29 is 19.1 Å². The molecule has 0 fully saturated rings. The van der Waals surface area contributed by atoms with Crippen LogP contribution in [0.4, 0.5) is 5.69 Å². The van der Waals surface area contributed by atoms with E-state index in [4.69, 9.17) is 4.74 Å². The Kier molecular flexibility index (Phi) is 5.23. The predicted molar refractivity (Wildman–Crippen MR) is 70.9 cm³/mol. The Bertz CT molecular complexity index is 477. The molecule has 0 bridgehead atoms. The highest BCUT2D eigenvalue weighted by molar-refractivity contribution is 5.96. The van der Waals surface area contributed by atoms with Crippen LogP contribution in [-0.2, 0) is 14.3 Å². The van der Waals surface area contributed by atoms with Gasteiger partial charge in [0.25, 0.3) is 5.91 Å². The molecule has 5 heteroatoms. The van der Waals surface area contributed by atoms with E-state index in [9.17, 15) is 14.4 Å². The maximum absolute atomic E-state index is 11.5. The van der Waals surface area contributed by atoms with Gasteiger partial charge >= 0.3 is 5.97 Å². The average Bonchev–Trinajstić information content (AvgIpc) is 2.36. The number of benzene rings is 1. The highest BCUT2D eigenvalue weighted by Gasteiger charge is 2.11. The fourth-order valence-corrected chi connectivity index (χ4v) is 1.29. The summed E-state index contributed by atoms with van der Waals surface area (Å²) in [4.78, 5) is 33.8. The van der Waals surface area contributed by atoms with Gasteiger partial charge in [-0.05, 0) is 31.2 Å². The molecule has 0 aliphatic carbocycles. The van der Waals surface area contributed by atoms with Crippen molar-refractivity contribution in [1.29, 1.82) is 0 Å². The second kappa shape index (κ2) is 6.68. The molecule has 0 heterocycles. The van der Waals surface area contributed by atoms with E-state index in [0.717, 1.165) is 0 Å². The van der Waals surface area contributed by atoms with Crippen LogP contribution in [0.15, 0.2) is 24.3 Å². The van der Waals surface area contributed by atoms with Gasteiger partial charge in [0, 0.05) is 11.3 Å². The number of ether oxygens (including phenoxy) is 1. The number of anilines is 1. The fourth-order valence-electron chi connectivity index (χ4n) is 1.29. The Morgan fingerprint density at radius 2 is 1.74 bits per heavy atom. The molecule has 1 aromatic rings. The number of amides is 1. The van der Waals surface area contributed by atoms with Crippen molar-refractivity contribution in [1.82, 2.24) is 0 Å². The summed E-state index contributed by atoms with van der Waals surface area (Å²) in [6.45, 7) is 4.55. The summed E-state index contributed by atoms with van der Waals surface area (Å²) in [6, 6.07) is 6.49. The lowest BCUT2D eigenvalue weighted by atomic mass is 10.1. The summed E-state index contributed by atoms with van der Waals surface area (Å²) in [7, 11) is 0. The molecule has 5 nitrogen and oxygen atoms in total. The Morgan fingerprint density at radius 1 is 1.16 bits per heavy atom. The zero-order valence-electron chi connectivity index (χ0n) is 11.2. The molecule has 1 amide bonds. The number of esters is 1. The first-order valence-corrected chi connectivity index (χ1v) is 5.97. The van der Waals surface area contributed by atoms with Crippen LogP contribution in [0.2, 0.25) is 0 Å². The zero-order chi connectivity index (χ0) is 14.4. The number of ketones is 1. The number of Topliss-reactive ketones (excluding diaryl/α,β-unsaturated/α-hetero) is 1. The first-order valence-electron chi connectivity index (χ1n) is 5.97. The molecule has 0 saturated heterocycles. The molecule has 0 radical (unpaired) electrons. The third kappa shape index (κ3) is 4.91. The first-order chi connectivity index (χ1) is 8.90. The van der Waals surface area contributed by atoms with E-state index < -0.39 is 11.9 Å². The topological polar surface area (TPSA) is 72.5 Å². The van der Waals surface area contributed by atoms with Gasteiger partial charge in [-0.25, -0.2) is 0 Å². The van der Waals surface area contributed by atoms with Crippen molar-refractivity contribution in [2.24, 2.45) is 5.92 Å². The summed E-state index contributed by atoms with van der Waals surface area (Å²) in [5, 5.41) is 2.57. The molecule has 1 aromatic carbocycles. The Morgan fingerprint density at radius 3 is 2.21 bits per heavy atom. The quantitative estimate of drug-likeness (QED) is 0.651. The molecule has 0 aliphatic heterocycles. The number of carbonyl (C=O) groups excluding carboxylic acids is 3. The maximum Gasteiger partial charge on any atom is 0.308 e. The maximum atomic E-state index is 11.5. The van der Waals surface area contributed by atoms with Crippen LogP contribution < -0.4 is 5.32 Å². The number of nitrogens with one attached hydrogen (secondary N) is 1. The van der Waals surface area contributed by atoms with E-state index in [2.05, 4.69) is 5.32 Å². The van der Waals surface area contributed by atoms with Gasteiger partial charge in [-0.1, -0.05) is 13.8 Å². The molecular formula is C14H17NO4. The van der Waals surface area contributed by atoms with Gasteiger partial charge in [0.1, 0.15) is 0 Å². The smallest absolute Gasteiger partial charge is 0.308 e. The molecule has 102 valence electrons. The average molecular weight is 263 g/mol. The molecular weight excluding hydrogens is 246 g/mol. The molecule has 19 heavy (non-hydrogen) atoms. The summed E-state index contributed by atoms with van der Waals surface area (Å²) >= 11 is 0. The van der Waals surface area contributed by atoms with Gasteiger partial charge in [-0.2, -0.15) is 0 Å². The third-order valence-electron chi connectivity index (χ3n) is 2.39. The first kappa shape index (κ1) is 14.9. The van der Waals surface area contributed by atoms with Crippen molar-refractivity contribution in [3.63, 3.8) is 0 Å². The minimum absolute atomic E-state index is 0.0382. The van der Waals surface area contributed by atoms with Gasteiger partial charge in [0.2, 0.25) is 0 Å². The van der Waals surface area contributed by atoms with Crippen molar-refractivity contribution in [3.8, 4) is 0 Å². The van der Waals surface area contributed by atoms with Crippen molar-refractivity contribution in [2.75, 3.05) is 11.9 Å². The Hall–Kier alpha value is -2.17. The summed E-state index contributed by atoms with van der Waals surface area (Å²) in [5.41, 5.74) is 1.12. The normalized spacial score (nSPS) is 10.1. The summed E-state index contributed by atoms with van der Waals surface area (Å²) < 4.78 is 4.79. The molecule has 0 aromatic heterocycles. The van der Waals surface area contributed by atoms with Gasteiger partial charge < -0.3 is 10.1 Å². The highest BCUT2D eigenvalue weighted by atomic mass is 16.5. The fraction of sp³-hybridized carbons (Fsp3) is 0.357. The van der Waals surface area contributed by atoms with Gasteiger partial charge in [-0.15, -0.1) is 0 Å². The number of rotatable bonds is 5.